The van der Waals surface area contributed by atoms with Gasteiger partial charge in [-0.05, 0) is 56.5 Å². The first kappa shape index (κ1) is 17.5. The van der Waals surface area contributed by atoms with Crippen molar-refractivity contribution in [3.63, 3.8) is 0 Å². The first-order chi connectivity index (χ1) is 9.18. The number of nitrogens with one attached hydrogen (secondary N) is 1. The molecule has 0 heterocycles. The molecule has 2 atom stereocenters. The Labute approximate surface area is 127 Å². The van der Waals surface area contributed by atoms with Gasteiger partial charge in [0.15, 0.2) is 9.84 Å². The van der Waals surface area contributed by atoms with Gasteiger partial charge >= 0.3 is 0 Å². The second kappa shape index (κ2) is 6.92. The molecular weight excluding hydrogens is 294 g/mol. The summed E-state index contributed by atoms with van der Waals surface area (Å²) in [7, 11) is -3.14. The molecule has 20 heavy (non-hydrogen) atoms. The molecule has 0 saturated heterocycles. The molecule has 5 heteroatoms. The minimum absolute atomic E-state index is 0.281. The fraction of sp³-hybridized carbons (Fsp3) is 0.600. The van der Waals surface area contributed by atoms with Crippen molar-refractivity contribution in [3.05, 3.63) is 33.8 Å². The standard InChI is InChI=1S/C15H24ClNO2S/c1-6-7-17-15(12(4)20(5,18)19)13-8-10(2)11(3)9-14(13)16/h8-9,12,15,17H,6-7H2,1-5H3. The van der Waals surface area contributed by atoms with Crippen LogP contribution in [0.2, 0.25) is 5.02 Å². The maximum atomic E-state index is 11.9. The summed E-state index contributed by atoms with van der Waals surface area (Å²) in [4.78, 5) is 0. The zero-order valence-corrected chi connectivity index (χ0v) is 14.4. The molecule has 1 rings (SSSR count). The van der Waals surface area contributed by atoms with Gasteiger partial charge in [0.1, 0.15) is 0 Å². The van der Waals surface area contributed by atoms with Crippen LogP contribution in [0.5, 0.6) is 0 Å². The molecule has 1 aromatic rings. The van der Waals surface area contributed by atoms with Crippen LogP contribution in [0.15, 0.2) is 12.1 Å². The predicted molar refractivity (Wildman–Crippen MR) is 86.3 cm³/mol. The van der Waals surface area contributed by atoms with E-state index in [2.05, 4.69) is 12.2 Å². The zero-order chi connectivity index (χ0) is 15.5. The van der Waals surface area contributed by atoms with Crippen LogP contribution in [0.25, 0.3) is 0 Å². The highest BCUT2D eigenvalue weighted by Gasteiger charge is 2.28. The predicted octanol–water partition coefficient (Wildman–Crippen LogP) is 3.43. The summed E-state index contributed by atoms with van der Waals surface area (Å²) in [5, 5.41) is 3.42. The number of halogens is 1. The monoisotopic (exact) mass is 317 g/mol. The number of sulfone groups is 1. The van der Waals surface area contributed by atoms with E-state index in [1.54, 1.807) is 6.92 Å². The highest BCUT2D eigenvalue weighted by atomic mass is 35.5. The third-order valence-corrected chi connectivity index (χ3v) is 5.66. The number of rotatable bonds is 6. The molecule has 0 fully saturated rings. The summed E-state index contributed by atoms with van der Waals surface area (Å²) in [5.74, 6) is 0. The van der Waals surface area contributed by atoms with Crippen molar-refractivity contribution < 1.29 is 8.42 Å². The van der Waals surface area contributed by atoms with Crippen molar-refractivity contribution in [2.24, 2.45) is 0 Å². The van der Waals surface area contributed by atoms with Gasteiger partial charge in [0.25, 0.3) is 0 Å². The van der Waals surface area contributed by atoms with Gasteiger partial charge in [-0.15, -0.1) is 0 Å². The van der Waals surface area contributed by atoms with Crippen LogP contribution in [-0.4, -0.2) is 26.5 Å². The smallest absolute Gasteiger partial charge is 0.151 e. The summed E-state index contributed by atoms with van der Waals surface area (Å²) in [5.41, 5.74) is 3.09. The molecule has 114 valence electrons. The Kier molecular flexibility index (Phi) is 6.05. The maximum absolute atomic E-state index is 11.9. The van der Waals surface area contributed by atoms with Crippen molar-refractivity contribution in [1.29, 1.82) is 0 Å². The topological polar surface area (TPSA) is 46.2 Å². The average Bonchev–Trinajstić information content (AvgIpc) is 2.34. The lowest BCUT2D eigenvalue weighted by Crippen LogP contribution is -2.35. The third kappa shape index (κ3) is 4.21. The molecule has 0 amide bonds. The van der Waals surface area contributed by atoms with Crippen LogP contribution in [-0.2, 0) is 9.84 Å². The zero-order valence-electron chi connectivity index (χ0n) is 12.8. The SMILES string of the molecule is CCCNC(c1cc(C)c(C)cc1Cl)C(C)S(C)(=O)=O. The molecule has 0 spiro atoms. The third-order valence-electron chi connectivity index (χ3n) is 3.71. The Balaban J connectivity index is 3.27. The summed E-state index contributed by atoms with van der Waals surface area (Å²) < 4.78 is 23.8. The lowest BCUT2D eigenvalue weighted by atomic mass is 9.99. The van der Waals surface area contributed by atoms with Crippen LogP contribution >= 0.6 is 11.6 Å². The molecule has 0 aromatic heterocycles. The van der Waals surface area contributed by atoms with Gasteiger partial charge in [-0.2, -0.15) is 0 Å². The lowest BCUT2D eigenvalue weighted by molar-refractivity contribution is 0.500. The normalized spacial score (nSPS) is 15.1. The molecule has 0 aliphatic carbocycles. The quantitative estimate of drug-likeness (QED) is 0.874. The first-order valence-corrected chi connectivity index (χ1v) is 9.20. The number of hydrogen-bond donors (Lipinski definition) is 1. The molecular formula is C15H24ClNO2S. The minimum atomic E-state index is -3.14. The molecule has 1 aromatic carbocycles. The summed E-state index contributed by atoms with van der Waals surface area (Å²) in [6, 6.07) is 3.62. The molecule has 0 bridgehead atoms. The molecule has 0 saturated carbocycles. The molecule has 0 aliphatic heterocycles. The summed E-state index contributed by atoms with van der Waals surface area (Å²) in [6.07, 6.45) is 2.21. The van der Waals surface area contributed by atoms with Crippen molar-refractivity contribution in [3.8, 4) is 0 Å². The fourth-order valence-electron chi connectivity index (χ4n) is 2.12. The number of benzene rings is 1. The van der Waals surface area contributed by atoms with Crippen LogP contribution < -0.4 is 5.32 Å². The Morgan fingerprint density at radius 3 is 2.30 bits per heavy atom. The molecule has 2 unspecified atom stereocenters. The van der Waals surface area contributed by atoms with E-state index in [-0.39, 0.29) is 6.04 Å². The van der Waals surface area contributed by atoms with Crippen molar-refractivity contribution in [2.45, 2.75) is 45.4 Å². The van der Waals surface area contributed by atoms with Gasteiger partial charge in [-0.1, -0.05) is 24.6 Å². The fourth-order valence-corrected chi connectivity index (χ4v) is 3.19. The van der Waals surface area contributed by atoms with Crippen molar-refractivity contribution in [2.75, 3.05) is 12.8 Å². The molecule has 0 radical (unpaired) electrons. The lowest BCUT2D eigenvalue weighted by Gasteiger charge is -2.26. The van der Waals surface area contributed by atoms with Crippen molar-refractivity contribution >= 4 is 21.4 Å². The highest BCUT2D eigenvalue weighted by Crippen LogP contribution is 2.30. The molecule has 3 nitrogen and oxygen atoms in total. The second-order valence-electron chi connectivity index (χ2n) is 5.42. The van der Waals surface area contributed by atoms with Gasteiger partial charge in [-0.25, -0.2) is 8.42 Å². The highest BCUT2D eigenvalue weighted by molar-refractivity contribution is 7.91. The summed E-state index contributed by atoms with van der Waals surface area (Å²) >= 11 is 6.33. The van der Waals surface area contributed by atoms with E-state index in [0.29, 0.717) is 5.02 Å². The minimum Gasteiger partial charge on any atom is -0.309 e. The average molecular weight is 318 g/mol. The van der Waals surface area contributed by atoms with E-state index in [4.69, 9.17) is 11.6 Å². The van der Waals surface area contributed by atoms with Crippen LogP contribution in [0, 0.1) is 13.8 Å². The van der Waals surface area contributed by atoms with Gasteiger partial charge in [0.05, 0.1) is 11.3 Å². The summed E-state index contributed by atoms with van der Waals surface area (Å²) in [6.45, 7) is 8.55. The van der Waals surface area contributed by atoms with Gasteiger partial charge in [0, 0.05) is 11.3 Å². The van der Waals surface area contributed by atoms with E-state index >= 15 is 0 Å². The second-order valence-corrected chi connectivity index (χ2v) is 8.23. The molecule has 0 aliphatic rings. The number of hydrogen-bond acceptors (Lipinski definition) is 3. The Morgan fingerprint density at radius 1 is 1.25 bits per heavy atom. The Hall–Kier alpha value is -0.580. The van der Waals surface area contributed by atoms with Crippen molar-refractivity contribution in [1.82, 2.24) is 5.32 Å². The van der Waals surface area contributed by atoms with E-state index in [1.807, 2.05) is 26.0 Å². The van der Waals surface area contributed by atoms with E-state index in [9.17, 15) is 8.42 Å². The maximum Gasteiger partial charge on any atom is 0.151 e. The van der Waals surface area contributed by atoms with E-state index in [1.165, 1.54) is 6.26 Å². The van der Waals surface area contributed by atoms with Gasteiger partial charge in [0.2, 0.25) is 0 Å². The van der Waals surface area contributed by atoms with E-state index < -0.39 is 15.1 Å². The largest absolute Gasteiger partial charge is 0.309 e. The Morgan fingerprint density at radius 2 is 1.80 bits per heavy atom. The Bertz CT molecular complexity index is 569. The van der Waals surface area contributed by atoms with Crippen LogP contribution in [0.1, 0.15) is 43.0 Å². The first-order valence-electron chi connectivity index (χ1n) is 6.87. The molecule has 1 N–H and O–H groups in total. The van der Waals surface area contributed by atoms with Crippen LogP contribution in [0.3, 0.4) is 0 Å². The van der Waals surface area contributed by atoms with Crippen LogP contribution in [0.4, 0.5) is 0 Å². The van der Waals surface area contributed by atoms with Gasteiger partial charge in [-0.3, -0.25) is 0 Å². The number of aryl methyl sites for hydroxylation is 2. The van der Waals surface area contributed by atoms with E-state index in [0.717, 1.165) is 29.7 Å². The van der Waals surface area contributed by atoms with Gasteiger partial charge < -0.3 is 5.32 Å².